The van der Waals surface area contributed by atoms with Crippen LogP contribution in [0, 0.1) is 0 Å². The van der Waals surface area contributed by atoms with E-state index in [2.05, 4.69) is 34.4 Å². The summed E-state index contributed by atoms with van der Waals surface area (Å²) in [6, 6.07) is 7.89. The average Bonchev–Trinajstić information content (AvgIpc) is 2.63. The molecular weight excluding hydrogens is 342 g/mol. The maximum atomic E-state index is 12.1. The Labute approximate surface area is 158 Å². The van der Waals surface area contributed by atoms with Crippen molar-refractivity contribution in [3.8, 4) is 11.3 Å². The molecule has 3 rings (SSSR count). The molecule has 3 N–H and O–H groups in total. The van der Waals surface area contributed by atoms with Crippen LogP contribution in [0.15, 0.2) is 53.6 Å². The molecule has 1 saturated heterocycles. The van der Waals surface area contributed by atoms with Crippen molar-refractivity contribution in [3.63, 3.8) is 0 Å². The second kappa shape index (κ2) is 8.64. The lowest BCUT2D eigenvalue weighted by molar-refractivity contribution is -0.129. The number of pyridine rings is 2. The number of H-pyrrole nitrogens is 1. The second-order valence-electron chi connectivity index (χ2n) is 6.90. The van der Waals surface area contributed by atoms with Crippen molar-refractivity contribution in [2.45, 2.75) is 25.9 Å². The van der Waals surface area contributed by atoms with Crippen molar-refractivity contribution in [3.05, 3.63) is 59.2 Å². The topological polar surface area (TPSA) is 90.1 Å². The first-order chi connectivity index (χ1) is 13.0. The summed E-state index contributed by atoms with van der Waals surface area (Å²) in [5.74, 6) is -0.00486. The maximum absolute atomic E-state index is 12.1. The smallest absolute Gasteiger partial charge is 0.271 e. The van der Waals surface area contributed by atoms with Gasteiger partial charge in [0.05, 0.1) is 11.7 Å². The number of hydrogen-bond acceptors (Lipinski definition) is 5. The Balaban J connectivity index is 1.54. The van der Waals surface area contributed by atoms with Crippen LogP contribution in [0.4, 0.5) is 5.69 Å². The predicted octanol–water partition coefficient (Wildman–Crippen LogP) is 1.61. The third-order valence-electron chi connectivity index (χ3n) is 4.32. The molecule has 1 aliphatic heterocycles. The molecule has 0 bridgehead atoms. The van der Waals surface area contributed by atoms with E-state index in [9.17, 15) is 9.59 Å². The van der Waals surface area contributed by atoms with Crippen LogP contribution < -0.4 is 16.2 Å². The highest BCUT2D eigenvalue weighted by Gasteiger charge is 2.29. The number of rotatable bonds is 7. The van der Waals surface area contributed by atoms with Gasteiger partial charge in [0.2, 0.25) is 5.91 Å². The van der Waals surface area contributed by atoms with Gasteiger partial charge in [-0.2, -0.15) is 0 Å². The normalized spacial score (nSPS) is 14.6. The molecule has 0 unspecified atom stereocenters. The van der Waals surface area contributed by atoms with Crippen LogP contribution in [0.5, 0.6) is 0 Å². The van der Waals surface area contributed by atoms with Crippen LogP contribution in [0.1, 0.15) is 13.8 Å². The highest BCUT2D eigenvalue weighted by Crippen LogP contribution is 2.19. The van der Waals surface area contributed by atoms with E-state index in [1.807, 2.05) is 24.3 Å². The van der Waals surface area contributed by atoms with Crippen LogP contribution in [0.25, 0.3) is 11.3 Å². The first-order valence-electron chi connectivity index (χ1n) is 9.12. The Morgan fingerprint density at radius 3 is 2.93 bits per heavy atom. The SMILES string of the molecule is CC(C)NC/C=C/C(=O)N1CC(Nc2cc(-c3ccccn3)c[nH]c2=O)C1. The number of likely N-dealkylation sites (tertiary alicyclic amines) is 1. The molecule has 0 aromatic carbocycles. The number of hydrogen-bond donors (Lipinski definition) is 3. The second-order valence-corrected chi connectivity index (χ2v) is 6.90. The number of aromatic amines is 1. The van der Waals surface area contributed by atoms with Gasteiger partial charge in [-0.05, 0) is 18.2 Å². The standard InChI is InChI=1S/C20H25N5O2/c1-14(2)21-9-5-7-19(26)25-12-16(13-25)24-18-10-15(11-23-20(18)27)17-6-3-4-8-22-17/h3-8,10-11,14,16,21,24H,9,12-13H2,1-2H3,(H,23,27)/b7-5+. The number of amides is 1. The van der Waals surface area contributed by atoms with E-state index in [0.29, 0.717) is 31.4 Å². The van der Waals surface area contributed by atoms with Gasteiger partial charge in [0.15, 0.2) is 0 Å². The van der Waals surface area contributed by atoms with Gasteiger partial charge in [-0.1, -0.05) is 26.0 Å². The summed E-state index contributed by atoms with van der Waals surface area (Å²) in [4.78, 5) is 33.0. The molecule has 2 aromatic rings. The quantitative estimate of drug-likeness (QED) is 0.647. The summed E-state index contributed by atoms with van der Waals surface area (Å²) < 4.78 is 0. The Hall–Kier alpha value is -2.93. The van der Waals surface area contributed by atoms with E-state index >= 15 is 0 Å². The molecule has 142 valence electrons. The Morgan fingerprint density at radius 2 is 2.22 bits per heavy atom. The fourth-order valence-electron chi connectivity index (χ4n) is 2.81. The first-order valence-corrected chi connectivity index (χ1v) is 9.12. The minimum absolute atomic E-state index is 0.00486. The molecule has 2 aromatic heterocycles. The summed E-state index contributed by atoms with van der Waals surface area (Å²) >= 11 is 0. The molecular formula is C20H25N5O2. The van der Waals surface area contributed by atoms with Crippen molar-refractivity contribution in [1.82, 2.24) is 20.2 Å². The van der Waals surface area contributed by atoms with Crippen LogP contribution in [-0.2, 0) is 4.79 Å². The van der Waals surface area contributed by atoms with Gasteiger partial charge in [-0.15, -0.1) is 0 Å². The zero-order chi connectivity index (χ0) is 19.2. The fraction of sp³-hybridized carbons (Fsp3) is 0.350. The van der Waals surface area contributed by atoms with Crippen LogP contribution in [0.3, 0.4) is 0 Å². The summed E-state index contributed by atoms with van der Waals surface area (Å²) in [7, 11) is 0. The van der Waals surface area contributed by atoms with E-state index in [1.54, 1.807) is 29.4 Å². The van der Waals surface area contributed by atoms with Gasteiger partial charge in [-0.25, -0.2) is 0 Å². The first kappa shape index (κ1) is 18.8. The van der Waals surface area contributed by atoms with Crippen molar-refractivity contribution in [1.29, 1.82) is 0 Å². The lowest BCUT2D eigenvalue weighted by Gasteiger charge is -2.39. The summed E-state index contributed by atoms with van der Waals surface area (Å²) in [5.41, 5.74) is 1.94. The van der Waals surface area contributed by atoms with E-state index in [0.717, 1.165) is 11.3 Å². The van der Waals surface area contributed by atoms with Crippen LogP contribution in [0.2, 0.25) is 0 Å². The molecule has 3 heterocycles. The van der Waals surface area contributed by atoms with Crippen LogP contribution in [-0.4, -0.2) is 52.5 Å². The minimum Gasteiger partial charge on any atom is -0.374 e. The molecule has 0 atom stereocenters. The lowest BCUT2D eigenvalue weighted by Crippen LogP contribution is -2.57. The van der Waals surface area contributed by atoms with Crippen molar-refractivity contribution < 1.29 is 4.79 Å². The van der Waals surface area contributed by atoms with Gasteiger partial charge >= 0.3 is 0 Å². The predicted molar refractivity (Wildman–Crippen MR) is 107 cm³/mol. The maximum Gasteiger partial charge on any atom is 0.271 e. The average molecular weight is 367 g/mol. The molecule has 1 aliphatic rings. The molecule has 0 radical (unpaired) electrons. The highest BCUT2D eigenvalue weighted by atomic mass is 16.2. The Bertz CT molecular complexity index is 854. The zero-order valence-electron chi connectivity index (χ0n) is 15.6. The van der Waals surface area contributed by atoms with Gasteiger partial charge in [0, 0.05) is 49.7 Å². The number of carbonyl (C=O) groups is 1. The lowest BCUT2D eigenvalue weighted by atomic mass is 10.1. The Kier molecular flexibility index (Phi) is 6.03. The summed E-state index contributed by atoms with van der Waals surface area (Å²) in [6.45, 7) is 5.95. The molecule has 27 heavy (non-hydrogen) atoms. The molecule has 0 spiro atoms. The summed E-state index contributed by atoms with van der Waals surface area (Å²) in [5, 5.41) is 6.45. The minimum atomic E-state index is -0.181. The highest BCUT2D eigenvalue weighted by molar-refractivity contribution is 5.88. The third-order valence-corrected chi connectivity index (χ3v) is 4.32. The number of carbonyl (C=O) groups excluding carboxylic acids is 1. The van der Waals surface area contributed by atoms with Gasteiger partial charge in [0.25, 0.3) is 5.56 Å². The monoisotopic (exact) mass is 367 g/mol. The number of nitrogens with zero attached hydrogens (tertiary/aromatic N) is 2. The third kappa shape index (κ3) is 5.04. The van der Waals surface area contributed by atoms with Crippen molar-refractivity contribution in [2.24, 2.45) is 0 Å². The molecule has 0 aliphatic carbocycles. The van der Waals surface area contributed by atoms with Gasteiger partial charge in [-0.3, -0.25) is 14.6 Å². The van der Waals surface area contributed by atoms with E-state index < -0.39 is 0 Å². The Morgan fingerprint density at radius 1 is 1.41 bits per heavy atom. The van der Waals surface area contributed by atoms with Crippen LogP contribution >= 0.6 is 0 Å². The molecule has 7 nitrogen and oxygen atoms in total. The fourth-order valence-corrected chi connectivity index (χ4v) is 2.81. The van der Waals surface area contributed by atoms with E-state index in [4.69, 9.17) is 0 Å². The van der Waals surface area contributed by atoms with E-state index in [-0.39, 0.29) is 17.5 Å². The largest absolute Gasteiger partial charge is 0.374 e. The van der Waals surface area contributed by atoms with Crippen molar-refractivity contribution >= 4 is 11.6 Å². The number of aromatic nitrogens is 2. The van der Waals surface area contributed by atoms with Gasteiger partial charge < -0.3 is 20.5 Å². The molecule has 1 amide bonds. The molecule has 0 saturated carbocycles. The molecule has 1 fully saturated rings. The van der Waals surface area contributed by atoms with E-state index in [1.165, 1.54) is 0 Å². The van der Waals surface area contributed by atoms with Gasteiger partial charge in [0.1, 0.15) is 5.69 Å². The zero-order valence-corrected chi connectivity index (χ0v) is 15.6. The van der Waals surface area contributed by atoms with Crippen molar-refractivity contribution in [2.75, 3.05) is 25.0 Å². The number of anilines is 1. The number of nitrogens with one attached hydrogen (secondary N) is 3. The summed E-state index contributed by atoms with van der Waals surface area (Å²) in [6.07, 6.45) is 6.81. The molecule has 7 heteroatoms.